The fourth-order valence-electron chi connectivity index (χ4n) is 4.11. The van der Waals surface area contributed by atoms with Crippen LogP contribution in [0.1, 0.15) is 65.3 Å². The maximum absolute atomic E-state index is 13.5. The van der Waals surface area contributed by atoms with E-state index in [4.69, 9.17) is 4.74 Å². The summed E-state index contributed by atoms with van der Waals surface area (Å²) in [5.41, 5.74) is 4.50. The van der Waals surface area contributed by atoms with Crippen LogP contribution in [-0.4, -0.2) is 17.0 Å². The molecule has 1 amide bonds. The van der Waals surface area contributed by atoms with E-state index in [2.05, 4.69) is 51.2 Å². The van der Waals surface area contributed by atoms with Crippen LogP contribution in [0.3, 0.4) is 0 Å². The third-order valence-corrected chi connectivity index (χ3v) is 5.57. The first-order valence-corrected chi connectivity index (χ1v) is 11.7. The molecule has 0 fully saturated rings. The molecule has 5 nitrogen and oxygen atoms in total. The van der Waals surface area contributed by atoms with Gasteiger partial charge in [0, 0.05) is 12.0 Å². The summed E-state index contributed by atoms with van der Waals surface area (Å²) in [6.07, 6.45) is 1.01. The van der Waals surface area contributed by atoms with Gasteiger partial charge in [-0.2, -0.15) is 0 Å². The Labute approximate surface area is 201 Å². The normalized spacial score (nSPS) is 11.8. The van der Waals surface area contributed by atoms with Gasteiger partial charge in [0.05, 0.1) is 6.04 Å². The van der Waals surface area contributed by atoms with Gasteiger partial charge < -0.3 is 15.2 Å². The Morgan fingerprint density at radius 2 is 1.59 bits per heavy atom. The van der Waals surface area contributed by atoms with Crippen molar-refractivity contribution in [3.8, 4) is 11.5 Å². The number of para-hydroxylation sites is 1. The lowest BCUT2D eigenvalue weighted by atomic mass is 9.93. The third kappa shape index (κ3) is 7.20. The summed E-state index contributed by atoms with van der Waals surface area (Å²) in [6, 6.07) is 20.8. The Hall–Kier alpha value is -3.60. The summed E-state index contributed by atoms with van der Waals surface area (Å²) in [4.78, 5) is 24.7. The Morgan fingerprint density at radius 3 is 2.21 bits per heavy atom. The zero-order valence-electron chi connectivity index (χ0n) is 20.3. The van der Waals surface area contributed by atoms with Crippen LogP contribution in [0.25, 0.3) is 0 Å². The summed E-state index contributed by atoms with van der Waals surface area (Å²) in [5, 5.41) is 12.4. The Bertz CT molecular complexity index is 1120. The monoisotopic (exact) mass is 459 g/mol. The van der Waals surface area contributed by atoms with Crippen molar-refractivity contribution in [2.75, 3.05) is 0 Å². The summed E-state index contributed by atoms with van der Waals surface area (Å²) >= 11 is 0. The number of carboxylic acid groups (broad SMARTS) is 1. The lowest BCUT2D eigenvalue weighted by molar-refractivity contribution is -0.136. The minimum absolute atomic E-state index is 0.0499. The maximum Gasteiger partial charge on any atom is 0.303 e. The first-order valence-electron chi connectivity index (χ1n) is 11.7. The molecule has 0 saturated heterocycles. The molecule has 0 heterocycles. The molecule has 0 aliphatic heterocycles. The molecule has 0 aromatic heterocycles. The number of nitrogens with one attached hydrogen (secondary N) is 1. The number of hydrogen-bond donors (Lipinski definition) is 2. The van der Waals surface area contributed by atoms with E-state index >= 15 is 0 Å². The minimum atomic E-state index is -0.899. The number of carbonyl (C=O) groups is 2. The van der Waals surface area contributed by atoms with Gasteiger partial charge in [0.15, 0.2) is 0 Å². The van der Waals surface area contributed by atoms with Gasteiger partial charge in [-0.25, -0.2) is 0 Å². The Balaban J connectivity index is 1.93. The molecule has 34 heavy (non-hydrogen) atoms. The predicted octanol–water partition coefficient (Wildman–Crippen LogP) is 6.63. The van der Waals surface area contributed by atoms with Crippen LogP contribution in [0.2, 0.25) is 0 Å². The molecule has 0 aliphatic carbocycles. The van der Waals surface area contributed by atoms with Gasteiger partial charge >= 0.3 is 5.97 Å². The lowest BCUT2D eigenvalue weighted by Crippen LogP contribution is -2.30. The first kappa shape index (κ1) is 25.0. The van der Waals surface area contributed by atoms with E-state index < -0.39 is 5.97 Å². The topological polar surface area (TPSA) is 75.6 Å². The van der Waals surface area contributed by atoms with Crippen molar-refractivity contribution >= 4 is 11.9 Å². The maximum atomic E-state index is 13.5. The number of benzene rings is 3. The standard InChI is InChI=1S/C29H33NO4/c1-19(2)14-27(23-16-20(3)15-21(4)17-23)30-29(33)26-18-25(34-24-8-6-5-7-9-24)12-10-22(26)11-13-28(31)32/h5-10,12,15-19,27H,11,13-14H2,1-4H3,(H,30,33)(H,31,32). The number of aryl methyl sites for hydroxylation is 3. The van der Waals surface area contributed by atoms with Crippen molar-refractivity contribution in [3.05, 3.63) is 94.5 Å². The number of ether oxygens (including phenoxy) is 1. The van der Waals surface area contributed by atoms with Crippen LogP contribution in [0.5, 0.6) is 11.5 Å². The molecule has 1 unspecified atom stereocenters. The molecule has 0 radical (unpaired) electrons. The van der Waals surface area contributed by atoms with Gasteiger partial charge in [0.2, 0.25) is 0 Å². The van der Waals surface area contributed by atoms with E-state index in [1.54, 1.807) is 18.2 Å². The van der Waals surface area contributed by atoms with Crippen molar-refractivity contribution in [2.24, 2.45) is 5.92 Å². The quantitative estimate of drug-likeness (QED) is 0.357. The summed E-state index contributed by atoms with van der Waals surface area (Å²) in [7, 11) is 0. The van der Waals surface area contributed by atoms with E-state index in [0.717, 1.165) is 23.1 Å². The van der Waals surface area contributed by atoms with Crippen LogP contribution in [-0.2, 0) is 11.2 Å². The van der Waals surface area contributed by atoms with E-state index in [1.165, 1.54) is 0 Å². The van der Waals surface area contributed by atoms with E-state index in [9.17, 15) is 14.7 Å². The second-order valence-electron chi connectivity index (χ2n) is 9.20. The zero-order valence-corrected chi connectivity index (χ0v) is 20.3. The number of rotatable bonds is 10. The molecule has 3 aromatic rings. The summed E-state index contributed by atoms with van der Waals surface area (Å²) in [6.45, 7) is 8.38. The number of aliphatic carboxylic acids is 1. The zero-order chi connectivity index (χ0) is 24.7. The number of amides is 1. The highest BCUT2D eigenvalue weighted by Gasteiger charge is 2.21. The molecule has 3 rings (SSSR count). The van der Waals surface area contributed by atoms with Gasteiger partial charge in [-0.1, -0.05) is 67.4 Å². The highest BCUT2D eigenvalue weighted by molar-refractivity contribution is 5.96. The highest BCUT2D eigenvalue weighted by Crippen LogP contribution is 2.27. The third-order valence-electron chi connectivity index (χ3n) is 5.57. The van der Waals surface area contributed by atoms with Gasteiger partial charge in [0.1, 0.15) is 11.5 Å². The largest absolute Gasteiger partial charge is 0.481 e. The second kappa shape index (κ2) is 11.5. The van der Waals surface area contributed by atoms with E-state index in [0.29, 0.717) is 28.5 Å². The Kier molecular flexibility index (Phi) is 8.47. The number of carboxylic acids is 1. The highest BCUT2D eigenvalue weighted by atomic mass is 16.5. The van der Waals surface area contributed by atoms with E-state index in [1.807, 2.05) is 30.3 Å². The predicted molar refractivity (Wildman–Crippen MR) is 134 cm³/mol. The fourth-order valence-corrected chi connectivity index (χ4v) is 4.11. The molecule has 0 bridgehead atoms. The van der Waals surface area contributed by atoms with Crippen molar-refractivity contribution in [3.63, 3.8) is 0 Å². The van der Waals surface area contributed by atoms with Crippen LogP contribution in [0.4, 0.5) is 0 Å². The van der Waals surface area contributed by atoms with Crippen LogP contribution < -0.4 is 10.1 Å². The molecule has 5 heteroatoms. The average Bonchev–Trinajstić information content (AvgIpc) is 2.77. The van der Waals surface area contributed by atoms with Gasteiger partial charge in [-0.15, -0.1) is 0 Å². The lowest BCUT2D eigenvalue weighted by Gasteiger charge is -2.23. The molecular formula is C29H33NO4. The second-order valence-corrected chi connectivity index (χ2v) is 9.20. The smallest absolute Gasteiger partial charge is 0.303 e. The molecule has 1 atom stereocenters. The first-order chi connectivity index (χ1) is 16.2. The van der Waals surface area contributed by atoms with Gasteiger partial charge in [-0.05, 0) is 68.0 Å². The van der Waals surface area contributed by atoms with Crippen molar-refractivity contribution in [1.29, 1.82) is 0 Å². The minimum Gasteiger partial charge on any atom is -0.481 e. The van der Waals surface area contributed by atoms with Crippen molar-refractivity contribution in [2.45, 2.75) is 53.0 Å². The van der Waals surface area contributed by atoms with Crippen LogP contribution in [0.15, 0.2) is 66.7 Å². The van der Waals surface area contributed by atoms with Crippen molar-refractivity contribution < 1.29 is 19.4 Å². The molecular weight excluding hydrogens is 426 g/mol. The molecule has 0 aliphatic rings. The SMILES string of the molecule is Cc1cc(C)cc(C(CC(C)C)NC(=O)c2cc(Oc3ccccc3)ccc2CCC(=O)O)c1. The Morgan fingerprint density at radius 1 is 0.912 bits per heavy atom. The molecule has 178 valence electrons. The van der Waals surface area contributed by atoms with Gasteiger partial charge in [0.25, 0.3) is 5.91 Å². The average molecular weight is 460 g/mol. The molecule has 2 N–H and O–H groups in total. The van der Waals surface area contributed by atoms with Crippen LogP contribution in [0, 0.1) is 19.8 Å². The molecule has 0 saturated carbocycles. The van der Waals surface area contributed by atoms with Gasteiger partial charge in [-0.3, -0.25) is 9.59 Å². The molecule has 3 aromatic carbocycles. The summed E-state index contributed by atoms with van der Waals surface area (Å²) in [5.74, 6) is 0.445. The van der Waals surface area contributed by atoms with Crippen molar-refractivity contribution in [1.82, 2.24) is 5.32 Å². The molecule has 0 spiro atoms. The number of hydrogen-bond acceptors (Lipinski definition) is 3. The van der Waals surface area contributed by atoms with Crippen LogP contribution >= 0.6 is 0 Å². The van der Waals surface area contributed by atoms with E-state index in [-0.39, 0.29) is 24.8 Å². The number of carbonyl (C=O) groups excluding carboxylic acids is 1. The fraction of sp³-hybridized carbons (Fsp3) is 0.310. The summed E-state index contributed by atoms with van der Waals surface area (Å²) < 4.78 is 5.94.